The van der Waals surface area contributed by atoms with E-state index >= 15 is 0 Å². The summed E-state index contributed by atoms with van der Waals surface area (Å²) in [7, 11) is 2.88. The molecule has 2 aromatic rings. The minimum atomic E-state index is -3.50. The molecule has 9 heteroatoms. The molecule has 31 heavy (non-hydrogen) atoms. The predicted molar refractivity (Wildman–Crippen MR) is 120 cm³/mol. The topological polar surface area (TPSA) is 85.4 Å². The quantitative estimate of drug-likeness (QED) is 0.523. The summed E-state index contributed by atoms with van der Waals surface area (Å²) in [6.07, 6.45) is 1.76. The van der Waals surface area contributed by atoms with Gasteiger partial charge in [-0.15, -0.1) is 0 Å². The number of methoxy groups -OCH3 is 3. The Kier molecular flexibility index (Phi) is 8.56. The summed E-state index contributed by atoms with van der Waals surface area (Å²) in [5, 5.41) is 0. The van der Waals surface area contributed by atoms with Crippen LogP contribution in [0.25, 0.3) is 0 Å². The molecule has 0 bridgehead atoms. The Morgan fingerprint density at radius 3 is 2.29 bits per heavy atom. The number of amides is 1. The maximum absolute atomic E-state index is 12.6. The molecule has 1 amide bonds. The van der Waals surface area contributed by atoms with E-state index in [9.17, 15) is 13.2 Å². The fourth-order valence-corrected chi connectivity index (χ4v) is 4.12. The molecule has 0 aromatic heterocycles. The third-order valence-corrected chi connectivity index (χ3v) is 5.98. The number of sulfonamides is 1. The second-order valence-corrected chi connectivity index (χ2v) is 8.99. The van der Waals surface area contributed by atoms with Crippen LogP contribution in [0.4, 0.5) is 5.69 Å². The van der Waals surface area contributed by atoms with Crippen LogP contribution >= 0.6 is 0 Å². The Balaban J connectivity index is 1.98. The molecule has 2 rings (SSSR count). The van der Waals surface area contributed by atoms with Crippen LogP contribution in [-0.4, -0.2) is 60.4 Å². The zero-order valence-corrected chi connectivity index (χ0v) is 19.4. The fourth-order valence-electron chi connectivity index (χ4n) is 3.16. The van der Waals surface area contributed by atoms with Gasteiger partial charge in [-0.2, -0.15) is 0 Å². The molecule has 0 aliphatic heterocycles. The molecular weight excluding hydrogens is 420 g/mol. The average Bonchev–Trinajstić information content (AvgIpc) is 2.75. The summed E-state index contributed by atoms with van der Waals surface area (Å²) in [6, 6.07) is 12.3. The highest BCUT2D eigenvalue weighted by Crippen LogP contribution is 2.28. The summed E-state index contributed by atoms with van der Waals surface area (Å²) < 4.78 is 41.5. The second-order valence-electron chi connectivity index (χ2n) is 7.08. The number of ether oxygens (including phenoxy) is 3. The van der Waals surface area contributed by atoms with Crippen molar-refractivity contribution in [3.05, 3.63) is 48.0 Å². The van der Waals surface area contributed by atoms with Crippen LogP contribution in [0.2, 0.25) is 0 Å². The summed E-state index contributed by atoms with van der Waals surface area (Å²) in [5.41, 5.74) is 1.41. The van der Waals surface area contributed by atoms with Crippen LogP contribution in [0.3, 0.4) is 0 Å². The Bertz CT molecular complexity index is 993. The van der Waals surface area contributed by atoms with Crippen molar-refractivity contribution in [3.63, 3.8) is 0 Å². The van der Waals surface area contributed by atoms with E-state index in [4.69, 9.17) is 14.2 Å². The summed E-state index contributed by atoms with van der Waals surface area (Å²) in [6.45, 7) is 0.604. The van der Waals surface area contributed by atoms with Crippen LogP contribution in [0.1, 0.15) is 18.4 Å². The van der Waals surface area contributed by atoms with Gasteiger partial charge in [-0.1, -0.05) is 12.1 Å². The Morgan fingerprint density at radius 2 is 1.68 bits per heavy atom. The molecular formula is C22H30N2O6S. The van der Waals surface area contributed by atoms with Gasteiger partial charge in [-0.3, -0.25) is 9.10 Å². The lowest BCUT2D eigenvalue weighted by Crippen LogP contribution is -2.32. The average molecular weight is 451 g/mol. The molecule has 0 saturated heterocycles. The lowest BCUT2D eigenvalue weighted by atomic mass is 10.1. The van der Waals surface area contributed by atoms with Gasteiger partial charge >= 0.3 is 0 Å². The lowest BCUT2D eigenvalue weighted by molar-refractivity contribution is -0.130. The predicted octanol–water partition coefficient (Wildman–Crippen LogP) is 2.92. The zero-order valence-electron chi connectivity index (χ0n) is 18.6. The second kappa shape index (κ2) is 10.9. The molecule has 170 valence electrons. The highest BCUT2D eigenvalue weighted by Gasteiger charge is 2.19. The summed E-state index contributed by atoms with van der Waals surface area (Å²) in [5.74, 6) is 1.72. The van der Waals surface area contributed by atoms with Gasteiger partial charge in [0.15, 0.2) is 11.5 Å². The Morgan fingerprint density at radius 1 is 0.968 bits per heavy atom. The molecule has 2 aromatic carbocycles. The molecule has 0 spiro atoms. The first-order valence-electron chi connectivity index (χ1n) is 9.76. The van der Waals surface area contributed by atoms with Crippen molar-refractivity contribution in [2.75, 3.05) is 45.5 Å². The van der Waals surface area contributed by atoms with Crippen LogP contribution in [0.15, 0.2) is 42.5 Å². The van der Waals surface area contributed by atoms with Gasteiger partial charge in [0.2, 0.25) is 15.9 Å². The molecule has 0 atom stereocenters. The van der Waals surface area contributed by atoms with E-state index in [-0.39, 0.29) is 18.9 Å². The third kappa shape index (κ3) is 6.78. The van der Waals surface area contributed by atoms with Crippen molar-refractivity contribution in [3.8, 4) is 17.2 Å². The van der Waals surface area contributed by atoms with Crippen LogP contribution < -0.4 is 18.5 Å². The normalized spacial score (nSPS) is 11.0. The van der Waals surface area contributed by atoms with Gasteiger partial charge in [-0.25, -0.2) is 8.42 Å². The zero-order chi connectivity index (χ0) is 23.0. The lowest BCUT2D eigenvalue weighted by Gasteiger charge is -2.23. The van der Waals surface area contributed by atoms with Gasteiger partial charge in [-0.05, 0) is 36.2 Å². The van der Waals surface area contributed by atoms with E-state index in [1.165, 1.54) is 11.4 Å². The standard InChI is InChI=1S/C22H30N2O6S/c1-23(16-17-11-12-20(29-3)21(14-17)30-4)22(25)10-7-13-24(31(5,26)27)18-8-6-9-19(15-18)28-2/h6,8-9,11-12,14-15H,7,10,13,16H2,1-5H3. The molecule has 0 fully saturated rings. The van der Waals surface area contributed by atoms with E-state index < -0.39 is 10.0 Å². The Labute approximate surface area is 184 Å². The maximum Gasteiger partial charge on any atom is 0.232 e. The number of nitrogens with zero attached hydrogens (tertiary/aromatic N) is 2. The van der Waals surface area contributed by atoms with Gasteiger partial charge in [0.25, 0.3) is 0 Å². The molecule has 0 radical (unpaired) electrons. The first-order chi connectivity index (χ1) is 14.7. The SMILES string of the molecule is COc1cccc(N(CCCC(=O)N(C)Cc2ccc(OC)c(OC)c2)S(C)(=O)=O)c1. The number of carbonyl (C=O) groups is 1. The van der Waals surface area contributed by atoms with Gasteiger partial charge in [0, 0.05) is 32.6 Å². The molecule has 0 saturated carbocycles. The number of carbonyl (C=O) groups excluding carboxylic acids is 1. The highest BCUT2D eigenvalue weighted by molar-refractivity contribution is 7.92. The van der Waals surface area contributed by atoms with Crippen molar-refractivity contribution in [2.24, 2.45) is 0 Å². The largest absolute Gasteiger partial charge is 0.497 e. The van der Waals surface area contributed by atoms with Gasteiger partial charge < -0.3 is 19.1 Å². The van der Waals surface area contributed by atoms with Crippen LogP contribution in [-0.2, 0) is 21.4 Å². The number of hydrogen-bond donors (Lipinski definition) is 0. The van der Waals surface area contributed by atoms with E-state index in [2.05, 4.69) is 0 Å². The van der Waals surface area contributed by atoms with Gasteiger partial charge in [0.05, 0.1) is 33.3 Å². The number of benzene rings is 2. The first-order valence-corrected chi connectivity index (χ1v) is 11.6. The highest BCUT2D eigenvalue weighted by atomic mass is 32.2. The van der Waals surface area contributed by atoms with E-state index in [1.54, 1.807) is 56.5 Å². The summed E-state index contributed by atoms with van der Waals surface area (Å²) >= 11 is 0. The van der Waals surface area contributed by atoms with Crippen molar-refractivity contribution in [1.29, 1.82) is 0 Å². The molecule has 0 N–H and O–H groups in total. The number of hydrogen-bond acceptors (Lipinski definition) is 6. The van der Waals surface area contributed by atoms with Gasteiger partial charge in [0.1, 0.15) is 5.75 Å². The molecule has 8 nitrogen and oxygen atoms in total. The van der Waals surface area contributed by atoms with E-state index in [1.807, 2.05) is 12.1 Å². The fraction of sp³-hybridized carbons (Fsp3) is 0.409. The summed E-state index contributed by atoms with van der Waals surface area (Å²) in [4.78, 5) is 14.2. The first kappa shape index (κ1) is 24.3. The molecule has 0 aliphatic rings. The van der Waals surface area contributed by atoms with Crippen molar-refractivity contribution >= 4 is 21.6 Å². The monoisotopic (exact) mass is 450 g/mol. The third-order valence-electron chi connectivity index (χ3n) is 4.79. The van der Waals surface area contributed by atoms with Crippen molar-refractivity contribution < 1.29 is 27.4 Å². The van der Waals surface area contributed by atoms with Crippen molar-refractivity contribution in [2.45, 2.75) is 19.4 Å². The smallest absolute Gasteiger partial charge is 0.232 e. The number of anilines is 1. The van der Waals surface area contributed by atoms with Crippen molar-refractivity contribution in [1.82, 2.24) is 4.90 Å². The Hall–Kier alpha value is -2.94. The minimum absolute atomic E-state index is 0.0751. The molecule has 0 heterocycles. The minimum Gasteiger partial charge on any atom is -0.497 e. The molecule has 0 aliphatic carbocycles. The van der Waals surface area contributed by atoms with Crippen LogP contribution in [0, 0.1) is 0 Å². The van der Waals surface area contributed by atoms with Crippen LogP contribution in [0.5, 0.6) is 17.2 Å². The van der Waals surface area contributed by atoms with E-state index in [0.29, 0.717) is 35.9 Å². The maximum atomic E-state index is 12.6. The number of rotatable bonds is 11. The molecule has 0 unspecified atom stereocenters. The van der Waals surface area contributed by atoms with E-state index in [0.717, 1.165) is 11.8 Å².